The molecule has 3 aromatic rings. The Balaban J connectivity index is 1.49. The molecule has 0 aliphatic carbocycles. The number of methoxy groups -OCH3 is 1. The lowest BCUT2D eigenvalue weighted by molar-refractivity contribution is -0.125. The fourth-order valence-corrected chi connectivity index (χ4v) is 5.52. The topological polar surface area (TPSA) is 84.9 Å². The Bertz CT molecular complexity index is 1260. The van der Waals surface area contributed by atoms with E-state index in [4.69, 9.17) is 9.47 Å². The second kappa shape index (κ2) is 10.2. The highest BCUT2D eigenvalue weighted by Crippen LogP contribution is 2.30. The highest BCUT2D eigenvalue weighted by Gasteiger charge is 2.40. The number of sulfonamides is 1. The molecule has 178 valence electrons. The van der Waals surface area contributed by atoms with Crippen LogP contribution in [-0.4, -0.2) is 44.9 Å². The van der Waals surface area contributed by atoms with Crippen LogP contribution in [0.3, 0.4) is 0 Å². The van der Waals surface area contributed by atoms with Crippen molar-refractivity contribution in [2.24, 2.45) is 0 Å². The van der Waals surface area contributed by atoms with Crippen LogP contribution in [0.25, 0.3) is 0 Å². The van der Waals surface area contributed by atoms with E-state index < -0.39 is 32.7 Å². The summed E-state index contributed by atoms with van der Waals surface area (Å²) < 4.78 is 52.9. The lowest BCUT2D eigenvalue weighted by atomic mass is 9.95. The third-order valence-electron chi connectivity index (χ3n) is 5.66. The highest BCUT2D eigenvalue weighted by atomic mass is 32.2. The van der Waals surface area contributed by atoms with Gasteiger partial charge in [-0.25, -0.2) is 12.8 Å². The van der Waals surface area contributed by atoms with Crippen molar-refractivity contribution in [2.75, 3.05) is 20.3 Å². The summed E-state index contributed by atoms with van der Waals surface area (Å²) in [6, 6.07) is 18.5. The first-order chi connectivity index (χ1) is 16.4. The highest BCUT2D eigenvalue weighted by molar-refractivity contribution is 7.89. The zero-order valence-corrected chi connectivity index (χ0v) is 19.4. The molecule has 0 aromatic heterocycles. The largest absolute Gasteiger partial charge is 0.497 e. The van der Waals surface area contributed by atoms with Crippen LogP contribution in [0.4, 0.5) is 4.39 Å². The van der Waals surface area contributed by atoms with E-state index in [1.165, 1.54) is 18.2 Å². The normalized spacial score (nSPS) is 15.9. The van der Waals surface area contributed by atoms with Crippen LogP contribution in [0.15, 0.2) is 77.7 Å². The third kappa shape index (κ3) is 5.05. The molecule has 1 heterocycles. The van der Waals surface area contributed by atoms with E-state index in [0.29, 0.717) is 11.5 Å². The molecule has 7 nitrogen and oxygen atoms in total. The number of nitrogens with one attached hydrogen (secondary N) is 1. The molecule has 1 atom stereocenters. The minimum absolute atomic E-state index is 0.0206. The zero-order chi connectivity index (χ0) is 24.1. The first-order valence-electron chi connectivity index (χ1n) is 10.8. The minimum Gasteiger partial charge on any atom is -0.497 e. The van der Waals surface area contributed by atoms with Crippen molar-refractivity contribution in [1.29, 1.82) is 0 Å². The van der Waals surface area contributed by atoms with Crippen molar-refractivity contribution in [3.8, 4) is 11.5 Å². The lowest BCUT2D eigenvalue weighted by Gasteiger charge is -2.35. The monoisotopic (exact) mass is 484 g/mol. The summed E-state index contributed by atoms with van der Waals surface area (Å²) in [5.74, 6) is 0.000873. The molecular weight excluding hydrogens is 459 g/mol. The molecule has 1 amide bonds. The molecule has 34 heavy (non-hydrogen) atoms. The van der Waals surface area contributed by atoms with Crippen LogP contribution >= 0.6 is 0 Å². The van der Waals surface area contributed by atoms with Crippen molar-refractivity contribution >= 4 is 15.9 Å². The number of carbonyl (C=O) groups excluding carboxylic acids is 1. The number of benzene rings is 3. The van der Waals surface area contributed by atoms with Gasteiger partial charge >= 0.3 is 0 Å². The van der Waals surface area contributed by atoms with Gasteiger partial charge in [0, 0.05) is 6.54 Å². The number of hydrogen-bond donors (Lipinski definition) is 1. The molecular formula is C25H25FN2O5S. The average molecular weight is 485 g/mol. The molecule has 0 spiro atoms. The molecule has 3 aromatic carbocycles. The maximum absolute atomic E-state index is 14.4. The SMILES string of the molecule is COc1ccc(OCCNC(=O)[C@H]2Cc3ccccc3CN2S(=O)(=O)c2ccccc2F)cc1. The molecule has 4 rings (SSSR count). The molecule has 1 N–H and O–H groups in total. The van der Waals surface area contributed by atoms with Crippen LogP contribution in [0.2, 0.25) is 0 Å². The van der Waals surface area contributed by atoms with Gasteiger partial charge in [-0.2, -0.15) is 4.31 Å². The van der Waals surface area contributed by atoms with Gasteiger partial charge in [-0.3, -0.25) is 4.79 Å². The van der Waals surface area contributed by atoms with Crippen molar-refractivity contribution in [3.05, 3.63) is 89.7 Å². The van der Waals surface area contributed by atoms with E-state index >= 15 is 0 Å². The van der Waals surface area contributed by atoms with Gasteiger partial charge in [-0.05, 0) is 53.9 Å². The Morgan fingerprint density at radius 1 is 1.00 bits per heavy atom. The van der Waals surface area contributed by atoms with Gasteiger partial charge in [0.2, 0.25) is 15.9 Å². The number of hydrogen-bond acceptors (Lipinski definition) is 5. The first-order valence-corrected chi connectivity index (χ1v) is 12.2. The molecule has 0 saturated heterocycles. The van der Waals surface area contributed by atoms with Crippen LogP contribution in [0.1, 0.15) is 11.1 Å². The second-order valence-corrected chi connectivity index (χ2v) is 9.64. The Hall–Kier alpha value is -3.43. The molecule has 1 aliphatic heterocycles. The number of amides is 1. The summed E-state index contributed by atoms with van der Waals surface area (Å²) in [6.07, 6.45) is 0.190. The molecule has 9 heteroatoms. The van der Waals surface area contributed by atoms with Crippen LogP contribution in [-0.2, 0) is 27.8 Å². The summed E-state index contributed by atoms with van der Waals surface area (Å²) in [5, 5.41) is 2.76. The number of nitrogens with zero attached hydrogens (tertiary/aromatic N) is 1. The maximum atomic E-state index is 14.4. The van der Waals surface area contributed by atoms with E-state index in [1.807, 2.05) is 24.3 Å². The van der Waals surface area contributed by atoms with E-state index in [1.54, 1.807) is 31.4 Å². The second-order valence-electron chi connectivity index (χ2n) is 7.78. The van der Waals surface area contributed by atoms with Crippen LogP contribution in [0, 0.1) is 5.82 Å². The molecule has 0 saturated carbocycles. The van der Waals surface area contributed by atoms with Gasteiger partial charge in [0.1, 0.15) is 34.9 Å². The molecule has 0 bridgehead atoms. The summed E-state index contributed by atoms with van der Waals surface area (Å²) in [5.41, 5.74) is 1.67. The van der Waals surface area contributed by atoms with Gasteiger partial charge in [0.05, 0.1) is 13.7 Å². The van der Waals surface area contributed by atoms with Gasteiger partial charge in [0.25, 0.3) is 0 Å². The van der Waals surface area contributed by atoms with Gasteiger partial charge in [0.15, 0.2) is 0 Å². The summed E-state index contributed by atoms with van der Waals surface area (Å²) in [7, 11) is -2.68. The average Bonchev–Trinajstić information content (AvgIpc) is 2.86. The van der Waals surface area contributed by atoms with Crippen LogP contribution < -0.4 is 14.8 Å². The van der Waals surface area contributed by atoms with Gasteiger partial charge < -0.3 is 14.8 Å². The number of rotatable bonds is 8. The van der Waals surface area contributed by atoms with E-state index in [-0.39, 0.29) is 26.1 Å². The van der Waals surface area contributed by atoms with Crippen molar-refractivity contribution in [3.63, 3.8) is 0 Å². The standard InChI is InChI=1S/C25H25FN2O5S/c1-32-20-10-12-21(13-11-20)33-15-14-27-25(29)23-16-18-6-2-3-7-19(18)17-28(23)34(30,31)24-9-5-4-8-22(24)26/h2-13,23H,14-17H2,1H3,(H,27,29)/t23-/m1/s1. The minimum atomic E-state index is -4.26. The Morgan fingerprint density at radius 3 is 2.35 bits per heavy atom. The molecule has 0 unspecified atom stereocenters. The van der Waals surface area contributed by atoms with Crippen LogP contribution in [0.5, 0.6) is 11.5 Å². The lowest BCUT2D eigenvalue weighted by Crippen LogP contribution is -2.53. The zero-order valence-electron chi connectivity index (χ0n) is 18.6. The predicted octanol–water partition coefficient (Wildman–Crippen LogP) is 3.15. The molecule has 1 aliphatic rings. The summed E-state index contributed by atoms with van der Waals surface area (Å²) >= 11 is 0. The van der Waals surface area contributed by atoms with E-state index in [9.17, 15) is 17.6 Å². The first kappa shape index (κ1) is 23.7. The third-order valence-corrected chi connectivity index (χ3v) is 7.55. The van der Waals surface area contributed by atoms with E-state index in [0.717, 1.165) is 21.5 Å². The number of fused-ring (bicyclic) bond motifs is 1. The summed E-state index contributed by atoms with van der Waals surface area (Å²) in [4.78, 5) is 12.6. The summed E-state index contributed by atoms with van der Waals surface area (Å²) in [6.45, 7) is 0.352. The van der Waals surface area contributed by atoms with Crippen molar-refractivity contribution in [2.45, 2.75) is 23.9 Å². The van der Waals surface area contributed by atoms with E-state index in [2.05, 4.69) is 5.32 Å². The fourth-order valence-electron chi connectivity index (χ4n) is 3.89. The quantitative estimate of drug-likeness (QED) is 0.497. The molecule has 0 fully saturated rings. The molecule has 0 radical (unpaired) electrons. The Kier molecular flexibility index (Phi) is 7.14. The maximum Gasteiger partial charge on any atom is 0.247 e. The Morgan fingerprint density at radius 2 is 1.65 bits per heavy atom. The van der Waals surface area contributed by atoms with Gasteiger partial charge in [-0.1, -0.05) is 36.4 Å². The predicted molar refractivity (Wildman–Crippen MR) is 125 cm³/mol. The number of carbonyl (C=O) groups is 1. The Labute approximate surface area is 198 Å². The van der Waals surface area contributed by atoms with Gasteiger partial charge in [-0.15, -0.1) is 0 Å². The number of ether oxygens (including phenoxy) is 2. The fraction of sp³-hybridized carbons (Fsp3) is 0.240. The van der Waals surface area contributed by atoms with Crippen molar-refractivity contribution in [1.82, 2.24) is 9.62 Å². The number of halogens is 1. The van der Waals surface area contributed by atoms with Crippen molar-refractivity contribution < 1.29 is 27.1 Å². The smallest absolute Gasteiger partial charge is 0.247 e.